The summed E-state index contributed by atoms with van der Waals surface area (Å²) in [6.07, 6.45) is 4.13. The fourth-order valence-electron chi connectivity index (χ4n) is 1.69. The minimum absolute atomic E-state index is 0.163. The average Bonchev–Trinajstić information content (AvgIpc) is 3.10. The number of aliphatic hydroxyl groups excluding tert-OH is 1. The topological polar surface area (TPSA) is 49.2 Å². The Morgan fingerprint density at radius 1 is 1.47 bits per heavy atom. The van der Waals surface area contributed by atoms with Gasteiger partial charge in [-0.15, -0.1) is 0 Å². The van der Waals surface area contributed by atoms with Crippen LogP contribution in [0.1, 0.15) is 31.4 Å². The van der Waals surface area contributed by atoms with Crippen LogP contribution in [0.15, 0.2) is 12.4 Å². The number of aliphatic hydroxyl groups is 1. The number of aromatic nitrogens is 2. The van der Waals surface area contributed by atoms with E-state index in [4.69, 9.17) is 5.11 Å². The minimum Gasteiger partial charge on any atom is -0.395 e. The van der Waals surface area contributed by atoms with Crippen molar-refractivity contribution in [3.05, 3.63) is 18.1 Å². The average molecular weight is 207 g/mol. The van der Waals surface area contributed by atoms with Gasteiger partial charge in [0.1, 0.15) is 12.1 Å². The number of rotatable bonds is 5. The molecule has 82 valence electrons. The zero-order valence-corrected chi connectivity index (χ0v) is 9.06. The molecule has 1 aromatic heterocycles. The summed E-state index contributed by atoms with van der Waals surface area (Å²) in [5.41, 5.74) is 1.15. The van der Waals surface area contributed by atoms with Gasteiger partial charge >= 0.3 is 0 Å². The van der Waals surface area contributed by atoms with Crippen molar-refractivity contribution in [1.82, 2.24) is 9.97 Å². The van der Waals surface area contributed by atoms with E-state index in [0.29, 0.717) is 12.5 Å². The van der Waals surface area contributed by atoms with E-state index >= 15 is 0 Å². The monoisotopic (exact) mass is 207 g/mol. The van der Waals surface area contributed by atoms with E-state index in [0.717, 1.165) is 18.1 Å². The van der Waals surface area contributed by atoms with Gasteiger partial charge in [0.15, 0.2) is 0 Å². The van der Waals surface area contributed by atoms with Crippen LogP contribution < -0.4 is 4.90 Å². The Morgan fingerprint density at radius 3 is 2.87 bits per heavy atom. The summed E-state index contributed by atoms with van der Waals surface area (Å²) in [6.45, 7) is 3.73. The molecular formula is C11H17N3O. The SMILES string of the molecule is CCN(CCO)c1cc(C2CC2)ncn1. The van der Waals surface area contributed by atoms with E-state index < -0.39 is 0 Å². The quantitative estimate of drug-likeness (QED) is 0.787. The lowest BCUT2D eigenvalue weighted by Crippen LogP contribution is -2.27. The normalized spacial score (nSPS) is 15.3. The van der Waals surface area contributed by atoms with Gasteiger partial charge in [-0.2, -0.15) is 0 Å². The van der Waals surface area contributed by atoms with Gasteiger partial charge in [-0.25, -0.2) is 9.97 Å². The van der Waals surface area contributed by atoms with Crippen molar-refractivity contribution in [2.75, 3.05) is 24.6 Å². The second-order valence-electron chi connectivity index (χ2n) is 3.88. The number of likely N-dealkylation sites (N-methyl/N-ethyl adjacent to an activating group) is 1. The highest BCUT2D eigenvalue weighted by Crippen LogP contribution is 2.39. The van der Waals surface area contributed by atoms with Gasteiger partial charge in [0, 0.05) is 30.8 Å². The third kappa shape index (κ3) is 2.45. The molecule has 1 saturated carbocycles. The van der Waals surface area contributed by atoms with E-state index in [1.807, 2.05) is 0 Å². The summed E-state index contributed by atoms with van der Waals surface area (Å²) >= 11 is 0. The van der Waals surface area contributed by atoms with E-state index in [2.05, 4.69) is 27.9 Å². The lowest BCUT2D eigenvalue weighted by atomic mass is 10.2. The molecule has 1 aliphatic carbocycles. The largest absolute Gasteiger partial charge is 0.395 e. The zero-order chi connectivity index (χ0) is 10.7. The molecule has 2 rings (SSSR count). The molecule has 1 heterocycles. The van der Waals surface area contributed by atoms with Crippen LogP contribution in [-0.2, 0) is 0 Å². The van der Waals surface area contributed by atoms with Gasteiger partial charge in [0.05, 0.1) is 6.61 Å². The highest BCUT2D eigenvalue weighted by Gasteiger charge is 2.25. The first-order valence-corrected chi connectivity index (χ1v) is 5.53. The van der Waals surface area contributed by atoms with Crippen molar-refractivity contribution in [3.63, 3.8) is 0 Å². The molecule has 4 nitrogen and oxygen atoms in total. The Hall–Kier alpha value is -1.16. The third-order valence-electron chi connectivity index (χ3n) is 2.75. The van der Waals surface area contributed by atoms with Gasteiger partial charge in [-0.1, -0.05) is 0 Å². The standard InChI is InChI=1S/C11H17N3O/c1-2-14(5-6-15)11-7-10(9-3-4-9)12-8-13-11/h7-9,15H,2-6H2,1H3. The molecule has 0 aromatic carbocycles. The van der Waals surface area contributed by atoms with Crippen molar-refractivity contribution >= 4 is 5.82 Å². The van der Waals surface area contributed by atoms with E-state index in [9.17, 15) is 0 Å². The second-order valence-corrected chi connectivity index (χ2v) is 3.88. The molecule has 0 atom stereocenters. The molecule has 0 radical (unpaired) electrons. The Morgan fingerprint density at radius 2 is 2.27 bits per heavy atom. The van der Waals surface area contributed by atoms with Gasteiger partial charge in [0.2, 0.25) is 0 Å². The molecule has 0 spiro atoms. The van der Waals surface area contributed by atoms with E-state index in [-0.39, 0.29) is 6.61 Å². The van der Waals surface area contributed by atoms with Crippen molar-refractivity contribution in [3.8, 4) is 0 Å². The van der Waals surface area contributed by atoms with E-state index in [1.165, 1.54) is 12.8 Å². The lowest BCUT2D eigenvalue weighted by molar-refractivity contribution is 0.302. The number of hydrogen-bond donors (Lipinski definition) is 1. The van der Waals surface area contributed by atoms with Crippen LogP contribution in [-0.4, -0.2) is 34.8 Å². The van der Waals surface area contributed by atoms with Gasteiger partial charge in [-0.05, 0) is 19.8 Å². The zero-order valence-electron chi connectivity index (χ0n) is 9.06. The Bertz CT molecular complexity index is 325. The molecule has 4 heteroatoms. The van der Waals surface area contributed by atoms with Crippen LogP contribution in [0.2, 0.25) is 0 Å². The fraction of sp³-hybridized carbons (Fsp3) is 0.636. The Labute approximate surface area is 90.0 Å². The summed E-state index contributed by atoms with van der Waals surface area (Å²) < 4.78 is 0. The summed E-state index contributed by atoms with van der Waals surface area (Å²) in [4.78, 5) is 10.6. The Kier molecular flexibility index (Phi) is 3.16. The molecular weight excluding hydrogens is 190 g/mol. The fourth-order valence-corrected chi connectivity index (χ4v) is 1.69. The van der Waals surface area contributed by atoms with Crippen LogP contribution in [0.25, 0.3) is 0 Å². The molecule has 0 saturated heterocycles. The van der Waals surface area contributed by atoms with Crippen LogP contribution in [0.3, 0.4) is 0 Å². The number of nitrogens with zero attached hydrogens (tertiary/aromatic N) is 3. The third-order valence-corrected chi connectivity index (χ3v) is 2.75. The number of anilines is 1. The highest BCUT2D eigenvalue weighted by atomic mass is 16.3. The first-order valence-electron chi connectivity index (χ1n) is 5.53. The Balaban J connectivity index is 2.14. The molecule has 0 unspecified atom stereocenters. The summed E-state index contributed by atoms with van der Waals surface area (Å²) in [6, 6.07) is 2.05. The lowest BCUT2D eigenvalue weighted by Gasteiger charge is -2.20. The number of hydrogen-bond acceptors (Lipinski definition) is 4. The van der Waals surface area contributed by atoms with Gasteiger partial charge < -0.3 is 10.0 Å². The maximum atomic E-state index is 8.93. The molecule has 0 aliphatic heterocycles. The first-order chi connectivity index (χ1) is 7.35. The van der Waals surface area contributed by atoms with Crippen LogP contribution in [0.4, 0.5) is 5.82 Å². The van der Waals surface area contributed by atoms with Crippen molar-refractivity contribution in [1.29, 1.82) is 0 Å². The van der Waals surface area contributed by atoms with Crippen LogP contribution in [0, 0.1) is 0 Å². The van der Waals surface area contributed by atoms with Gasteiger partial charge in [-0.3, -0.25) is 0 Å². The summed E-state index contributed by atoms with van der Waals surface area (Å²) in [5.74, 6) is 1.59. The summed E-state index contributed by atoms with van der Waals surface area (Å²) in [7, 11) is 0. The van der Waals surface area contributed by atoms with Crippen LogP contribution >= 0.6 is 0 Å². The molecule has 1 fully saturated rings. The van der Waals surface area contributed by atoms with E-state index in [1.54, 1.807) is 6.33 Å². The van der Waals surface area contributed by atoms with Gasteiger partial charge in [0.25, 0.3) is 0 Å². The first kappa shape index (κ1) is 10.4. The summed E-state index contributed by atoms with van der Waals surface area (Å²) in [5, 5.41) is 8.93. The molecule has 1 aliphatic rings. The molecule has 0 amide bonds. The maximum Gasteiger partial charge on any atom is 0.132 e. The second kappa shape index (κ2) is 4.57. The molecule has 1 N–H and O–H groups in total. The smallest absolute Gasteiger partial charge is 0.132 e. The van der Waals surface area contributed by atoms with Crippen LogP contribution in [0.5, 0.6) is 0 Å². The van der Waals surface area contributed by atoms with Crippen molar-refractivity contribution in [2.24, 2.45) is 0 Å². The minimum atomic E-state index is 0.163. The molecule has 1 aromatic rings. The molecule has 15 heavy (non-hydrogen) atoms. The molecule has 0 bridgehead atoms. The highest BCUT2D eigenvalue weighted by molar-refractivity contribution is 5.40. The predicted molar refractivity (Wildman–Crippen MR) is 59.0 cm³/mol. The van der Waals surface area contributed by atoms with Crippen molar-refractivity contribution in [2.45, 2.75) is 25.7 Å². The maximum absolute atomic E-state index is 8.93. The van der Waals surface area contributed by atoms with Crippen molar-refractivity contribution < 1.29 is 5.11 Å². The predicted octanol–water partition coefficient (Wildman–Crippen LogP) is 1.17.